The van der Waals surface area contributed by atoms with E-state index in [1.807, 2.05) is 24.3 Å². The molecule has 0 atom stereocenters. The molecule has 3 nitrogen and oxygen atoms in total. The van der Waals surface area contributed by atoms with Gasteiger partial charge in [0.05, 0.1) is 16.2 Å². The largest absolute Gasteiger partial charge is 0.507 e. The van der Waals surface area contributed by atoms with Gasteiger partial charge >= 0.3 is 0 Å². The first kappa shape index (κ1) is 12.4. The predicted octanol–water partition coefficient (Wildman–Crippen LogP) is 4.42. The first-order chi connectivity index (χ1) is 9.15. The Labute approximate surface area is 123 Å². The Kier molecular flexibility index (Phi) is 3.12. The maximum atomic E-state index is 9.83. The van der Waals surface area contributed by atoms with Gasteiger partial charge in [0.2, 0.25) is 0 Å². The second kappa shape index (κ2) is 4.79. The third-order valence-electron chi connectivity index (χ3n) is 2.81. The average molecular weight is 336 g/mol. The fraction of sp³-hybridized carbons (Fsp3) is 0. The zero-order valence-corrected chi connectivity index (χ0v) is 12.0. The van der Waals surface area contributed by atoms with E-state index in [2.05, 4.69) is 26.1 Å². The van der Waals surface area contributed by atoms with Gasteiger partial charge in [-0.1, -0.05) is 23.7 Å². The number of aromatic hydroxyl groups is 1. The summed E-state index contributed by atoms with van der Waals surface area (Å²) in [4.78, 5) is 0. The van der Waals surface area contributed by atoms with Gasteiger partial charge in [-0.3, -0.25) is 0 Å². The fourth-order valence-electron chi connectivity index (χ4n) is 1.86. The fourth-order valence-corrected chi connectivity index (χ4v) is 2.36. The van der Waals surface area contributed by atoms with Crippen LogP contribution in [0.3, 0.4) is 0 Å². The Morgan fingerprint density at radius 1 is 1.05 bits per heavy atom. The summed E-state index contributed by atoms with van der Waals surface area (Å²) < 4.78 is 0.784. The van der Waals surface area contributed by atoms with E-state index in [9.17, 15) is 5.11 Å². The third kappa shape index (κ3) is 2.29. The van der Waals surface area contributed by atoms with Crippen molar-refractivity contribution in [3.05, 3.63) is 52.0 Å². The summed E-state index contributed by atoms with van der Waals surface area (Å²) in [5, 5.41) is 19.6. The van der Waals surface area contributed by atoms with Gasteiger partial charge in [-0.2, -0.15) is 0 Å². The molecule has 1 heterocycles. The van der Waals surface area contributed by atoms with Crippen molar-refractivity contribution >= 4 is 38.4 Å². The number of halogens is 2. The first-order valence-electron chi connectivity index (χ1n) is 5.56. The van der Waals surface area contributed by atoms with Crippen molar-refractivity contribution in [2.45, 2.75) is 0 Å². The number of hydrogen-bond acceptors (Lipinski definition) is 3. The third-order valence-corrected chi connectivity index (χ3v) is 4.00. The van der Waals surface area contributed by atoms with Crippen LogP contribution in [0.1, 0.15) is 0 Å². The summed E-state index contributed by atoms with van der Waals surface area (Å²) in [6, 6.07) is 12.5. The summed E-state index contributed by atoms with van der Waals surface area (Å²) in [6.45, 7) is 0. The normalized spacial score (nSPS) is 10.8. The Bertz CT molecular complexity index is 776. The highest BCUT2D eigenvalue weighted by Gasteiger charge is 2.08. The van der Waals surface area contributed by atoms with E-state index in [0.717, 1.165) is 15.4 Å². The molecular weight excluding hydrogens is 328 g/mol. The standard InChI is InChI=1S/C14H8BrClN2O/c15-10-7-12-8(5-11(10)16)6-13(18-17-12)9-3-1-2-4-14(9)19/h1-7,19H. The van der Waals surface area contributed by atoms with Gasteiger partial charge in [-0.25, -0.2) is 0 Å². The molecule has 2 aromatic carbocycles. The maximum absolute atomic E-state index is 9.83. The topological polar surface area (TPSA) is 46.0 Å². The molecule has 94 valence electrons. The van der Waals surface area contributed by atoms with Crippen LogP contribution in [0, 0.1) is 0 Å². The van der Waals surface area contributed by atoms with Crippen molar-refractivity contribution in [1.82, 2.24) is 10.2 Å². The van der Waals surface area contributed by atoms with Crippen molar-refractivity contribution in [2.24, 2.45) is 0 Å². The van der Waals surface area contributed by atoms with Gasteiger partial charge in [-0.05, 0) is 46.3 Å². The number of phenolic OH excluding ortho intramolecular Hbond substituents is 1. The highest BCUT2D eigenvalue weighted by Crippen LogP contribution is 2.31. The minimum atomic E-state index is 0.180. The van der Waals surface area contributed by atoms with E-state index in [-0.39, 0.29) is 5.75 Å². The monoisotopic (exact) mass is 334 g/mol. The molecule has 5 heteroatoms. The second-order valence-electron chi connectivity index (χ2n) is 4.07. The summed E-state index contributed by atoms with van der Waals surface area (Å²) in [5.41, 5.74) is 2.01. The molecule has 3 aromatic rings. The Morgan fingerprint density at radius 3 is 2.63 bits per heavy atom. The van der Waals surface area contributed by atoms with Crippen molar-refractivity contribution in [1.29, 1.82) is 0 Å². The number of para-hydroxylation sites is 1. The van der Waals surface area contributed by atoms with Crippen LogP contribution < -0.4 is 0 Å². The predicted molar refractivity (Wildman–Crippen MR) is 79.3 cm³/mol. The van der Waals surface area contributed by atoms with Gasteiger partial charge < -0.3 is 5.11 Å². The van der Waals surface area contributed by atoms with Crippen LogP contribution in [0.5, 0.6) is 5.75 Å². The van der Waals surface area contributed by atoms with Gasteiger partial charge in [0.15, 0.2) is 0 Å². The zero-order chi connectivity index (χ0) is 13.4. The molecule has 19 heavy (non-hydrogen) atoms. The van der Waals surface area contributed by atoms with Gasteiger partial charge in [0.25, 0.3) is 0 Å². The lowest BCUT2D eigenvalue weighted by Crippen LogP contribution is -1.90. The summed E-state index contributed by atoms with van der Waals surface area (Å²) in [6.07, 6.45) is 0. The highest BCUT2D eigenvalue weighted by molar-refractivity contribution is 9.10. The lowest BCUT2D eigenvalue weighted by Gasteiger charge is -2.05. The molecule has 3 rings (SSSR count). The van der Waals surface area contributed by atoms with Crippen molar-refractivity contribution in [2.75, 3.05) is 0 Å². The average Bonchev–Trinajstić information content (AvgIpc) is 2.40. The molecule has 0 unspecified atom stereocenters. The van der Waals surface area contributed by atoms with Crippen LogP contribution in [-0.2, 0) is 0 Å². The number of fused-ring (bicyclic) bond motifs is 1. The Hall–Kier alpha value is -1.65. The van der Waals surface area contributed by atoms with Crippen LogP contribution in [0.25, 0.3) is 22.2 Å². The lowest BCUT2D eigenvalue weighted by atomic mass is 10.1. The molecule has 0 amide bonds. The number of hydrogen-bond donors (Lipinski definition) is 1. The molecule has 0 saturated carbocycles. The van der Waals surface area contributed by atoms with E-state index in [4.69, 9.17) is 11.6 Å². The van der Waals surface area contributed by atoms with Crippen molar-refractivity contribution < 1.29 is 5.11 Å². The molecule has 1 aromatic heterocycles. The number of aromatic nitrogens is 2. The smallest absolute Gasteiger partial charge is 0.125 e. The van der Waals surface area contributed by atoms with Gasteiger partial charge in [-0.15, -0.1) is 10.2 Å². The number of benzene rings is 2. The Balaban J connectivity index is 2.22. The number of rotatable bonds is 1. The van der Waals surface area contributed by atoms with Crippen molar-refractivity contribution in [3.8, 4) is 17.0 Å². The number of nitrogens with zero attached hydrogens (tertiary/aromatic N) is 2. The lowest BCUT2D eigenvalue weighted by molar-refractivity contribution is 0.477. The van der Waals surface area contributed by atoms with E-state index >= 15 is 0 Å². The summed E-state index contributed by atoms with van der Waals surface area (Å²) in [7, 11) is 0. The molecule has 0 saturated heterocycles. The second-order valence-corrected chi connectivity index (χ2v) is 5.33. The van der Waals surface area contributed by atoms with E-state index in [1.54, 1.807) is 18.2 Å². The first-order valence-corrected chi connectivity index (χ1v) is 6.73. The van der Waals surface area contributed by atoms with Crippen molar-refractivity contribution in [3.63, 3.8) is 0 Å². The van der Waals surface area contributed by atoms with Crippen LogP contribution in [-0.4, -0.2) is 15.3 Å². The SMILES string of the molecule is Oc1ccccc1-c1cc2cc(Cl)c(Br)cc2nn1. The van der Waals surface area contributed by atoms with Crippen LogP contribution in [0.2, 0.25) is 5.02 Å². The maximum Gasteiger partial charge on any atom is 0.125 e. The molecule has 0 aliphatic heterocycles. The highest BCUT2D eigenvalue weighted by atomic mass is 79.9. The van der Waals surface area contributed by atoms with E-state index in [0.29, 0.717) is 16.3 Å². The molecule has 0 spiro atoms. The minimum Gasteiger partial charge on any atom is -0.507 e. The van der Waals surface area contributed by atoms with Crippen LogP contribution in [0.15, 0.2) is 46.9 Å². The molecule has 0 fully saturated rings. The molecule has 0 bridgehead atoms. The molecular formula is C14H8BrClN2O. The molecule has 1 N–H and O–H groups in total. The minimum absolute atomic E-state index is 0.180. The van der Waals surface area contributed by atoms with E-state index in [1.165, 1.54) is 0 Å². The summed E-state index contributed by atoms with van der Waals surface area (Å²) >= 11 is 9.42. The zero-order valence-electron chi connectivity index (χ0n) is 9.64. The summed E-state index contributed by atoms with van der Waals surface area (Å²) in [5.74, 6) is 0.180. The van der Waals surface area contributed by atoms with Gasteiger partial charge in [0, 0.05) is 15.4 Å². The van der Waals surface area contributed by atoms with Crippen LogP contribution in [0.4, 0.5) is 0 Å². The molecule has 0 radical (unpaired) electrons. The quantitative estimate of drug-likeness (QED) is 0.716. The molecule has 0 aliphatic rings. The van der Waals surface area contributed by atoms with E-state index < -0.39 is 0 Å². The van der Waals surface area contributed by atoms with Crippen LogP contribution >= 0.6 is 27.5 Å². The Morgan fingerprint density at radius 2 is 1.84 bits per heavy atom. The number of phenols is 1. The molecule has 0 aliphatic carbocycles. The van der Waals surface area contributed by atoms with Gasteiger partial charge in [0.1, 0.15) is 5.75 Å².